The lowest BCUT2D eigenvalue weighted by Crippen LogP contribution is -2.51. The van der Waals surface area contributed by atoms with Crippen molar-refractivity contribution in [1.29, 1.82) is 0 Å². The second-order valence-electron chi connectivity index (χ2n) is 6.79. The van der Waals surface area contributed by atoms with E-state index in [2.05, 4.69) is 15.0 Å². The first-order valence-corrected chi connectivity index (χ1v) is 8.20. The van der Waals surface area contributed by atoms with E-state index in [1.54, 1.807) is 0 Å². The summed E-state index contributed by atoms with van der Waals surface area (Å²) >= 11 is 0. The van der Waals surface area contributed by atoms with Gasteiger partial charge in [-0.15, -0.1) is 0 Å². The van der Waals surface area contributed by atoms with Crippen LogP contribution in [0.5, 0.6) is 0 Å². The number of nitrogens with zero attached hydrogens (tertiary/aromatic N) is 3. The van der Waals surface area contributed by atoms with Gasteiger partial charge in [0.05, 0.1) is 13.2 Å². The van der Waals surface area contributed by atoms with Gasteiger partial charge in [-0.2, -0.15) is 18.2 Å². The fourth-order valence-electron chi connectivity index (χ4n) is 3.68. The van der Waals surface area contributed by atoms with Gasteiger partial charge in [0.1, 0.15) is 6.42 Å². The molecule has 3 heterocycles. The molecule has 24 heavy (non-hydrogen) atoms. The van der Waals surface area contributed by atoms with Crippen LogP contribution in [0, 0.1) is 5.41 Å². The number of aliphatic hydroxyl groups excluding tert-OH is 1. The Morgan fingerprint density at radius 3 is 2.67 bits per heavy atom. The van der Waals surface area contributed by atoms with Gasteiger partial charge >= 0.3 is 6.18 Å². The van der Waals surface area contributed by atoms with Crippen molar-refractivity contribution in [3.63, 3.8) is 0 Å². The second-order valence-corrected chi connectivity index (χ2v) is 6.79. The van der Waals surface area contributed by atoms with E-state index in [1.807, 2.05) is 0 Å². The van der Waals surface area contributed by atoms with E-state index >= 15 is 0 Å². The molecule has 2 fully saturated rings. The quantitative estimate of drug-likeness (QED) is 0.896. The van der Waals surface area contributed by atoms with Crippen LogP contribution in [0.2, 0.25) is 0 Å². The number of aliphatic hydroxyl groups is 1. The Balaban J connectivity index is 1.67. The van der Waals surface area contributed by atoms with Crippen LogP contribution in [0.4, 0.5) is 13.2 Å². The van der Waals surface area contributed by atoms with Gasteiger partial charge in [-0.1, -0.05) is 5.16 Å². The highest BCUT2D eigenvalue weighted by Crippen LogP contribution is 2.41. The first-order valence-electron chi connectivity index (χ1n) is 8.20. The van der Waals surface area contributed by atoms with Crippen LogP contribution < -0.4 is 0 Å². The number of ether oxygens (including phenoxy) is 1. The van der Waals surface area contributed by atoms with Crippen LogP contribution in [0.3, 0.4) is 0 Å². The number of rotatable bonds is 4. The average molecular weight is 349 g/mol. The van der Waals surface area contributed by atoms with Crippen molar-refractivity contribution in [2.24, 2.45) is 5.41 Å². The summed E-state index contributed by atoms with van der Waals surface area (Å²) in [6.45, 7) is 2.50. The fourth-order valence-corrected chi connectivity index (χ4v) is 3.68. The molecule has 1 unspecified atom stereocenters. The molecule has 0 bridgehead atoms. The van der Waals surface area contributed by atoms with Crippen molar-refractivity contribution in [2.75, 3.05) is 26.4 Å². The van der Waals surface area contributed by atoms with Crippen molar-refractivity contribution in [2.45, 2.75) is 50.9 Å². The lowest BCUT2D eigenvalue weighted by molar-refractivity contribution is -0.128. The first kappa shape index (κ1) is 17.6. The lowest BCUT2D eigenvalue weighted by atomic mass is 9.72. The summed E-state index contributed by atoms with van der Waals surface area (Å²) in [5, 5.41) is 13.0. The number of alkyl halides is 3. The molecule has 0 aliphatic carbocycles. The highest BCUT2D eigenvalue weighted by molar-refractivity contribution is 4.95. The lowest BCUT2D eigenvalue weighted by Gasteiger charge is -2.48. The van der Waals surface area contributed by atoms with E-state index in [0.29, 0.717) is 0 Å². The minimum absolute atomic E-state index is 0.0100. The third-order valence-corrected chi connectivity index (χ3v) is 5.03. The predicted molar refractivity (Wildman–Crippen MR) is 77.1 cm³/mol. The molecule has 1 aromatic heterocycles. The Morgan fingerprint density at radius 2 is 2.00 bits per heavy atom. The Labute approximate surface area is 138 Å². The molecule has 6 nitrogen and oxygen atoms in total. The molecule has 1 aromatic rings. The molecule has 0 aromatic carbocycles. The van der Waals surface area contributed by atoms with Gasteiger partial charge in [0.15, 0.2) is 5.82 Å². The first-order chi connectivity index (χ1) is 11.4. The van der Waals surface area contributed by atoms with Crippen molar-refractivity contribution < 1.29 is 27.5 Å². The molecule has 2 aliphatic rings. The monoisotopic (exact) mass is 349 g/mol. The molecule has 0 radical (unpaired) electrons. The number of halogens is 3. The minimum atomic E-state index is -4.36. The Hall–Kier alpha value is -1.19. The van der Waals surface area contributed by atoms with E-state index in [-0.39, 0.29) is 36.3 Å². The smallest absolute Gasteiger partial charge is 0.395 e. The molecule has 0 saturated carbocycles. The fraction of sp³-hybridized carbons (Fsp3) is 0.867. The maximum atomic E-state index is 12.4. The minimum Gasteiger partial charge on any atom is -0.395 e. The zero-order valence-electron chi connectivity index (χ0n) is 13.4. The molecule has 0 amide bonds. The summed E-state index contributed by atoms with van der Waals surface area (Å²) < 4.78 is 47.6. The number of likely N-dealkylation sites (tertiary alicyclic amines) is 1. The van der Waals surface area contributed by atoms with E-state index < -0.39 is 12.6 Å². The SMILES string of the molecule is OCC1CCC2(CCOCC2)CN1Cc1nc(CC(F)(F)F)no1. The summed E-state index contributed by atoms with van der Waals surface area (Å²) in [5.74, 6) is -0.187. The van der Waals surface area contributed by atoms with Crippen LogP contribution >= 0.6 is 0 Å². The highest BCUT2D eigenvalue weighted by Gasteiger charge is 2.41. The number of hydrogen-bond donors (Lipinski definition) is 1. The molecule has 1 N–H and O–H groups in total. The van der Waals surface area contributed by atoms with Gasteiger partial charge in [-0.25, -0.2) is 0 Å². The van der Waals surface area contributed by atoms with Gasteiger partial charge < -0.3 is 14.4 Å². The summed E-state index contributed by atoms with van der Waals surface area (Å²) in [5.41, 5.74) is 0.152. The third-order valence-electron chi connectivity index (χ3n) is 5.03. The number of hydrogen-bond acceptors (Lipinski definition) is 6. The van der Waals surface area contributed by atoms with Crippen molar-refractivity contribution in [3.8, 4) is 0 Å². The van der Waals surface area contributed by atoms with Gasteiger partial charge in [-0.05, 0) is 31.1 Å². The molecular weight excluding hydrogens is 327 g/mol. The van der Waals surface area contributed by atoms with Gasteiger partial charge in [0.2, 0.25) is 5.89 Å². The molecule has 3 rings (SSSR count). The summed E-state index contributed by atoms with van der Waals surface area (Å²) in [6, 6.07) is -0.0311. The maximum Gasteiger partial charge on any atom is 0.396 e. The molecule has 1 atom stereocenters. The van der Waals surface area contributed by atoms with E-state index in [0.717, 1.165) is 45.4 Å². The van der Waals surface area contributed by atoms with Crippen molar-refractivity contribution in [1.82, 2.24) is 15.0 Å². The number of piperidine rings is 1. The summed E-state index contributed by atoms with van der Waals surface area (Å²) in [7, 11) is 0. The number of aromatic nitrogens is 2. The van der Waals surface area contributed by atoms with Crippen molar-refractivity contribution in [3.05, 3.63) is 11.7 Å². The standard InChI is InChI=1S/C15H22F3N3O3/c16-15(17,18)7-12-19-13(24-20-12)8-21-10-14(2-1-11(21)9-22)3-5-23-6-4-14/h11,22H,1-10H2. The van der Waals surface area contributed by atoms with Crippen LogP contribution in [0.25, 0.3) is 0 Å². The van der Waals surface area contributed by atoms with E-state index in [1.165, 1.54) is 0 Å². The van der Waals surface area contributed by atoms with Crippen molar-refractivity contribution >= 4 is 0 Å². The Morgan fingerprint density at radius 1 is 1.25 bits per heavy atom. The van der Waals surface area contributed by atoms with E-state index in [4.69, 9.17) is 9.26 Å². The van der Waals surface area contributed by atoms with Crippen LogP contribution in [0.15, 0.2) is 4.52 Å². The topological polar surface area (TPSA) is 71.6 Å². The van der Waals surface area contributed by atoms with Gasteiger partial charge in [0.25, 0.3) is 0 Å². The zero-order chi connectivity index (χ0) is 17.2. The molecule has 9 heteroatoms. The molecular formula is C15H22F3N3O3. The summed E-state index contributed by atoms with van der Waals surface area (Å²) in [4.78, 5) is 5.90. The zero-order valence-corrected chi connectivity index (χ0v) is 13.4. The molecule has 2 saturated heterocycles. The van der Waals surface area contributed by atoms with Crippen LogP contribution in [-0.4, -0.2) is 58.7 Å². The Bertz CT molecular complexity index is 544. The molecule has 2 aliphatic heterocycles. The Kier molecular flexibility index (Phi) is 5.12. The van der Waals surface area contributed by atoms with Crippen LogP contribution in [0.1, 0.15) is 37.4 Å². The highest BCUT2D eigenvalue weighted by atomic mass is 19.4. The van der Waals surface area contributed by atoms with Crippen LogP contribution in [-0.2, 0) is 17.7 Å². The maximum absolute atomic E-state index is 12.4. The summed E-state index contributed by atoms with van der Waals surface area (Å²) in [6.07, 6.45) is -1.75. The van der Waals surface area contributed by atoms with E-state index in [9.17, 15) is 18.3 Å². The predicted octanol–water partition coefficient (Wildman–Crippen LogP) is 1.93. The second kappa shape index (κ2) is 6.97. The largest absolute Gasteiger partial charge is 0.396 e. The third kappa shape index (κ3) is 4.25. The molecule has 136 valence electrons. The average Bonchev–Trinajstić information content (AvgIpc) is 2.93. The van der Waals surface area contributed by atoms with Gasteiger partial charge in [-0.3, -0.25) is 4.90 Å². The van der Waals surface area contributed by atoms with Gasteiger partial charge in [0, 0.05) is 25.8 Å². The normalized spacial score (nSPS) is 25.2. The molecule has 1 spiro atoms.